The van der Waals surface area contributed by atoms with E-state index in [0.29, 0.717) is 0 Å². The van der Waals surface area contributed by atoms with Crippen LogP contribution in [-0.4, -0.2) is 15.0 Å². The van der Waals surface area contributed by atoms with Crippen LogP contribution in [0.25, 0.3) is 0 Å². The largest absolute Gasteiger partial charge is 0.329 e. The minimum atomic E-state index is -0.594. The van der Waals surface area contributed by atoms with Crippen molar-refractivity contribution in [3.63, 3.8) is 0 Å². The molecular weight excluding hydrogens is 142 g/mol. The standard InChI is InChI=1S/C3H3N3O2S/c7-1-4-2(8)6-3(9)5-1/h(H3,4,5,6,7,8,9). The average molecular weight is 145 g/mol. The van der Waals surface area contributed by atoms with E-state index in [9.17, 15) is 9.59 Å². The highest BCUT2D eigenvalue weighted by atomic mass is 32.1. The lowest BCUT2D eigenvalue weighted by atomic mass is 11.0. The molecule has 0 saturated heterocycles. The quantitative estimate of drug-likeness (QED) is 0.415. The van der Waals surface area contributed by atoms with E-state index in [1.807, 2.05) is 4.98 Å². The highest BCUT2D eigenvalue weighted by molar-refractivity contribution is 7.71. The second-order valence-corrected chi connectivity index (χ2v) is 1.77. The lowest BCUT2D eigenvalue weighted by Gasteiger charge is -1.79. The second kappa shape index (κ2) is 1.98. The molecule has 0 amide bonds. The predicted octanol–water partition coefficient (Wildman–Crippen LogP) is -0.879. The summed E-state index contributed by atoms with van der Waals surface area (Å²) in [5.74, 6) is 0. The number of hydrogen-bond donors (Lipinski definition) is 3. The summed E-state index contributed by atoms with van der Waals surface area (Å²) in [6.45, 7) is 0. The monoisotopic (exact) mass is 145 g/mol. The number of aromatic amines is 3. The number of aromatic nitrogens is 3. The van der Waals surface area contributed by atoms with Crippen LogP contribution in [0.2, 0.25) is 0 Å². The van der Waals surface area contributed by atoms with Crippen molar-refractivity contribution in [1.29, 1.82) is 0 Å². The van der Waals surface area contributed by atoms with Gasteiger partial charge in [0.05, 0.1) is 0 Å². The van der Waals surface area contributed by atoms with Crippen molar-refractivity contribution < 1.29 is 0 Å². The van der Waals surface area contributed by atoms with Crippen LogP contribution in [0.15, 0.2) is 9.59 Å². The molecule has 0 atom stereocenters. The molecule has 0 aromatic carbocycles. The van der Waals surface area contributed by atoms with E-state index in [0.717, 1.165) is 0 Å². The third-order valence-electron chi connectivity index (χ3n) is 0.681. The first-order valence-corrected chi connectivity index (χ1v) is 2.52. The number of rotatable bonds is 0. The van der Waals surface area contributed by atoms with Crippen LogP contribution < -0.4 is 11.4 Å². The summed E-state index contributed by atoms with van der Waals surface area (Å²) in [4.78, 5) is 26.9. The summed E-state index contributed by atoms with van der Waals surface area (Å²) in [6, 6.07) is 0. The van der Waals surface area contributed by atoms with Gasteiger partial charge in [0.15, 0.2) is 4.77 Å². The lowest BCUT2D eigenvalue weighted by Crippen LogP contribution is -2.24. The Morgan fingerprint density at radius 1 is 1.00 bits per heavy atom. The molecule has 0 aliphatic rings. The second-order valence-electron chi connectivity index (χ2n) is 1.36. The van der Waals surface area contributed by atoms with Crippen molar-refractivity contribution in [2.75, 3.05) is 0 Å². The molecule has 1 heterocycles. The van der Waals surface area contributed by atoms with Crippen molar-refractivity contribution in [1.82, 2.24) is 15.0 Å². The molecule has 1 rings (SSSR count). The normalized spacial score (nSPS) is 9.33. The third-order valence-corrected chi connectivity index (χ3v) is 0.885. The molecule has 0 unspecified atom stereocenters. The molecule has 5 nitrogen and oxygen atoms in total. The van der Waals surface area contributed by atoms with Crippen molar-refractivity contribution in [3.05, 3.63) is 25.7 Å². The molecule has 0 spiro atoms. The van der Waals surface area contributed by atoms with E-state index in [2.05, 4.69) is 22.2 Å². The Morgan fingerprint density at radius 3 is 1.78 bits per heavy atom. The zero-order valence-electron chi connectivity index (χ0n) is 4.22. The van der Waals surface area contributed by atoms with E-state index in [4.69, 9.17) is 0 Å². The Morgan fingerprint density at radius 2 is 1.44 bits per heavy atom. The summed E-state index contributed by atoms with van der Waals surface area (Å²) in [7, 11) is 0. The number of hydrogen-bond acceptors (Lipinski definition) is 3. The van der Waals surface area contributed by atoms with Gasteiger partial charge in [0.1, 0.15) is 0 Å². The minimum Gasteiger partial charge on any atom is -0.284 e. The lowest BCUT2D eigenvalue weighted by molar-refractivity contribution is 0.916. The molecule has 0 aliphatic carbocycles. The molecule has 0 saturated carbocycles. The van der Waals surface area contributed by atoms with Gasteiger partial charge in [0.2, 0.25) is 0 Å². The summed E-state index contributed by atoms with van der Waals surface area (Å²) in [5.41, 5.74) is -1.19. The highest BCUT2D eigenvalue weighted by Gasteiger charge is 1.82. The van der Waals surface area contributed by atoms with Gasteiger partial charge in [-0.25, -0.2) is 9.59 Å². The molecule has 9 heavy (non-hydrogen) atoms. The fourth-order valence-electron chi connectivity index (χ4n) is 0.403. The first kappa shape index (κ1) is 5.96. The minimum absolute atomic E-state index is 0.0313. The molecule has 0 radical (unpaired) electrons. The van der Waals surface area contributed by atoms with E-state index < -0.39 is 11.4 Å². The van der Waals surface area contributed by atoms with E-state index in [1.54, 1.807) is 0 Å². The molecular formula is C3H3N3O2S. The first-order chi connectivity index (χ1) is 4.18. The molecule has 3 N–H and O–H groups in total. The predicted molar refractivity (Wildman–Crippen MR) is 32.9 cm³/mol. The van der Waals surface area contributed by atoms with Gasteiger partial charge in [-0.3, -0.25) is 15.0 Å². The average Bonchev–Trinajstić information content (AvgIpc) is 1.59. The van der Waals surface area contributed by atoms with Gasteiger partial charge >= 0.3 is 11.4 Å². The summed E-state index contributed by atoms with van der Waals surface area (Å²) >= 11 is 4.46. The molecule has 0 fully saturated rings. The Bertz CT molecular complexity index is 280. The molecule has 1 aromatic heterocycles. The van der Waals surface area contributed by atoms with Crippen LogP contribution >= 0.6 is 12.2 Å². The SMILES string of the molecule is O=c1[nH]c(=O)[nH]c(=S)[nH]1. The summed E-state index contributed by atoms with van der Waals surface area (Å²) < 4.78 is 0.0313. The van der Waals surface area contributed by atoms with Gasteiger partial charge < -0.3 is 0 Å². The van der Waals surface area contributed by atoms with Gasteiger partial charge in [-0.2, -0.15) is 0 Å². The zero-order chi connectivity index (χ0) is 6.85. The Balaban J connectivity index is 3.72. The Hall–Kier alpha value is -1.17. The Kier molecular flexibility index (Phi) is 1.31. The molecule has 48 valence electrons. The van der Waals surface area contributed by atoms with E-state index >= 15 is 0 Å². The fraction of sp³-hybridized carbons (Fsp3) is 0. The third kappa shape index (κ3) is 1.36. The highest BCUT2D eigenvalue weighted by Crippen LogP contribution is 1.58. The van der Waals surface area contributed by atoms with Gasteiger partial charge in [0, 0.05) is 0 Å². The maximum atomic E-state index is 10.3. The smallest absolute Gasteiger partial charge is 0.284 e. The van der Waals surface area contributed by atoms with Crippen molar-refractivity contribution >= 4 is 12.2 Å². The fourth-order valence-corrected chi connectivity index (χ4v) is 0.588. The van der Waals surface area contributed by atoms with E-state index in [1.165, 1.54) is 0 Å². The zero-order valence-corrected chi connectivity index (χ0v) is 5.04. The summed E-state index contributed by atoms with van der Waals surface area (Å²) in [5, 5.41) is 0. The van der Waals surface area contributed by atoms with Gasteiger partial charge in [-0.05, 0) is 12.2 Å². The maximum Gasteiger partial charge on any atom is 0.329 e. The van der Waals surface area contributed by atoms with Crippen LogP contribution in [0.4, 0.5) is 0 Å². The summed E-state index contributed by atoms with van der Waals surface area (Å²) in [6.07, 6.45) is 0. The number of nitrogens with one attached hydrogen (secondary N) is 3. The molecule has 1 aromatic rings. The van der Waals surface area contributed by atoms with Crippen LogP contribution in [0.5, 0.6) is 0 Å². The molecule has 0 aliphatic heterocycles. The van der Waals surface area contributed by atoms with Crippen LogP contribution in [0.1, 0.15) is 0 Å². The van der Waals surface area contributed by atoms with Gasteiger partial charge in [-0.15, -0.1) is 0 Å². The Labute approximate surface area is 53.8 Å². The van der Waals surface area contributed by atoms with Gasteiger partial charge in [0.25, 0.3) is 0 Å². The molecule has 6 heteroatoms. The van der Waals surface area contributed by atoms with Crippen LogP contribution in [0, 0.1) is 4.77 Å². The molecule has 0 bridgehead atoms. The van der Waals surface area contributed by atoms with Crippen molar-refractivity contribution in [2.45, 2.75) is 0 Å². The maximum absolute atomic E-state index is 10.3. The van der Waals surface area contributed by atoms with E-state index in [-0.39, 0.29) is 4.77 Å². The number of H-pyrrole nitrogens is 3. The first-order valence-electron chi connectivity index (χ1n) is 2.11. The van der Waals surface area contributed by atoms with Crippen LogP contribution in [-0.2, 0) is 0 Å². The topological polar surface area (TPSA) is 81.5 Å². The van der Waals surface area contributed by atoms with Crippen molar-refractivity contribution in [3.8, 4) is 0 Å². The van der Waals surface area contributed by atoms with Crippen LogP contribution in [0.3, 0.4) is 0 Å². The van der Waals surface area contributed by atoms with Crippen molar-refractivity contribution in [2.24, 2.45) is 0 Å². The van der Waals surface area contributed by atoms with Gasteiger partial charge in [-0.1, -0.05) is 0 Å².